The molecule has 0 radical (unpaired) electrons. The Morgan fingerprint density at radius 2 is 2.10 bits per heavy atom. The van der Waals surface area contributed by atoms with Crippen molar-refractivity contribution in [2.24, 2.45) is 0 Å². The molecule has 2 heteroatoms. The maximum absolute atomic E-state index is 2.47. The Kier molecular flexibility index (Phi) is 2.79. The van der Waals surface area contributed by atoms with E-state index in [0.29, 0.717) is 0 Å². The first-order chi connectivity index (χ1) is 4.52. The van der Waals surface area contributed by atoms with Crippen LogP contribution in [0.2, 0.25) is 17.3 Å². The number of rotatable bonds is 1. The van der Waals surface area contributed by atoms with Crippen LogP contribution in [0.3, 0.4) is 0 Å². The molecule has 0 heterocycles. The second-order valence-corrected chi connectivity index (χ2v) is 15.8. The molecule has 0 aliphatic heterocycles. The molecule has 0 saturated carbocycles. The van der Waals surface area contributed by atoms with Gasteiger partial charge in [-0.3, -0.25) is 0 Å². The van der Waals surface area contributed by atoms with Gasteiger partial charge in [0.1, 0.15) is 0 Å². The number of hydrogen-bond donors (Lipinski definition) is 0. The fourth-order valence-electron chi connectivity index (χ4n) is 1.21. The molecule has 0 saturated heterocycles. The maximum Gasteiger partial charge on any atom is -1.00 e. The summed E-state index contributed by atoms with van der Waals surface area (Å²) in [5.74, 6) is 7.40. The van der Waals surface area contributed by atoms with Crippen LogP contribution in [0.5, 0.6) is 0 Å². The van der Waals surface area contributed by atoms with E-state index in [4.69, 9.17) is 0 Å². The van der Waals surface area contributed by atoms with Gasteiger partial charge in [0.25, 0.3) is 0 Å². The van der Waals surface area contributed by atoms with Gasteiger partial charge >= 0.3 is 81.5 Å². The number of allylic oxidation sites excluding steroid dienone is 4. The predicted molar refractivity (Wildman–Crippen MR) is 46.4 cm³/mol. The van der Waals surface area contributed by atoms with Crippen LogP contribution < -0.4 is 0 Å². The average Bonchev–Trinajstić information content (AvgIpc) is 2.11. The molecule has 1 rings (SSSR count). The fraction of sp³-hybridized carbons (Fsp3) is 0.500. The Balaban J connectivity index is 0. The molecule has 0 nitrogen and oxygen atoms in total. The van der Waals surface area contributed by atoms with Gasteiger partial charge in [-0.05, 0) is 0 Å². The van der Waals surface area contributed by atoms with Gasteiger partial charge < -0.3 is 2.85 Å². The predicted octanol–water partition coefficient (Wildman–Crippen LogP) is 2.85. The fourth-order valence-corrected chi connectivity index (χ4v) is 9.90. The van der Waals surface area contributed by atoms with Gasteiger partial charge in [0, 0.05) is 0 Å². The van der Waals surface area contributed by atoms with Crippen molar-refractivity contribution in [3.8, 4) is 0 Å². The first kappa shape index (κ1) is 9.00. The Morgan fingerprint density at radius 3 is 2.30 bits per heavy atom. The molecule has 0 aromatic carbocycles. The zero-order chi connectivity index (χ0) is 7.78. The minimum atomic E-state index is -1.44. The van der Waals surface area contributed by atoms with Gasteiger partial charge in [0.2, 0.25) is 0 Å². The van der Waals surface area contributed by atoms with Crippen LogP contribution in [-0.2, 0) is 24.7 Å². The molecule has 0 fully saturated rings. The van der Waals surface area contributed by atoms with Crippen LogP contribution in [0, 0.1) is 0 Å². The zero-order valence-electron chi connectivity index (χ0n) is 8.86. The summed E-state index contributed by atoms with van der Waals surface area (Å²) < 4.78 is 3.46. The third-order valence-electron chi connectivity index (χ3n) is 1.74. The summed E-state index contributed by atoms with van der Waals surface area (Å²) in [7, 11) is 0. The van der Waals surface area contributed by atoms with Crippen molar-refractivity contribution >= 4 is 13.3 Å². The summed E-state index contributed by atoms with van der Waals surface area (Å²) in [6.45, 7) is 0. The first-order valence-electron chi connectivity index (χ1n) is 3.63. The second kappa shape index (κ2) is 3.11. The van der Waals surface area contributed by atoms with Crippen LogP contribution in [0.1, 0.15) is 9.27 Å². The van der Waals surface area contributed by atoms with Gasteiger partial charge in [0.15, 0.2) is 0 Å². The summed E-state index contributed by atoms with van der Waals surface area (Å²) in [4.78, 5) is 0. The summed E-state index contributed by atoms with van der Waals surface area (Å²) in [5, 5.41) is 0. The summed E-state index contributed by atoms with van der Waals surface area (Å²) in [6, 6.07) is 0. The standard InChI is InChI=1S/C8H13Ge.Zr.2H/c1-9(2,3)8-6-4-5-7-8;;;/h4,6H,5H2,1-3H3;;;/q;;2*-1. The van der Waals surface area contributed by atoms with E-state index in [1.54, 1.807) is 32.4 Å². The third kappa shape index (κ3) is 1.95. The molecule has 0 aromatic rings. The molecule has 57 valence electrons. The van der Waals surface area contributed by atoms with E-state index in [9.17, 15) is 0 Å². The molecule has 0 unspecified atom stereocenters. The first-order valence-corrected chi connectivity index (χ1v) is 12.2. The number of hydrogen-bond acceptors (Lipinski definition) is 0. The van der Waals surface area contributed by atoms with E-state index in [0.717, 1.165) is 0 Å². The van der Waals surface area contributed by atoms with E-state index in [-0.39, 0.29) is 2.85 Å². The van der Waals surface area contributed by atoms with Crippen molar-refractivity contribution < 1.29 is 27.6 Å². The largest absolute Gasteiger partial charge is 1.00 e. The Morgan fingerprint density at radius 1 is 1.50 bits per heavy atom. The van der Waals surface area contributed by atoms with Crippen LogP contribution >= 0.6 is 0 Å². The molecular weight excluding hydrogens is 260 g/mol. The average molecular weight is 275 g/mol. The van der Waals surface area contributed by atoms with E-state index >= 15 is 0 Å². The van der Waals surface area contributed by atoms with Gasteiger partial charge in [0.05, 0.1) is 0 Å². The van der Waals surface area contributed by atoms with Gasteiger partial charge in [-0.2, -0.15) is 0 Å². The van der Waals surface area contributed by atoms with Crippen LogP contribution in [0.15, 0.2) is 19.8 Å². The smallest absolute Gasteiger partial charge is 1.00 e. The molecule has 1 aliphatic carbocycles. The molecule has 0 aromatic heterocycles. The van der Waals surface area contributed by atoms with Crippen molar-refractivity contribution in [3.05, 3.63) is 19.8 Å². The van der Waals surface area contributed by atoms with Crippen LogP contribution in [0.4, 0.5) is 0 Å². The summed E-state index contributed by atoms with van der Waals surface area (Å²) in [5.41, 5.74) is 0. The van der Waals surface area contributed by atoms with Crippen molar-refractivity contribution in [3.63, 3.8) is 0 Å². The molecule has 10 heavy (non-hydrogen) atoms. The molecular formula is C8H15GeZr-2. The topological polar surface area (TPSA) is 0 Å². The van der Waals surface area contributed by atoms with Crippen LogP contribution in [-0.4, -0.2) is 13.3 Å². The van der Waals surface area contributed by atoms with Crippen molar-refractivity contribution in [1.29, 1.82) is 0 Å². The second-order valence-electron chi connectivity index (χ2n) is 3.75. The minimum absolute atomic E-state index is 0. The molecule has 0 amide bonds. The van der Waals surface area contributed by atoms with Gasteiger partial charge in [-0.25, -0.2) is 0 Å². The van der Waals surface area contributed by atoms with E-state index in [1.807, 2.05) is 0 Å². The normalized spacial score (nSPS) is 18.6. The molecule has 0 spiro atoms. The van der Waals surface area contributed by atoms with E-state index < -0.39 is 13.3 Å². The Hall–Kier alpha value is 0.906. The minimum Gasteiger partial charge on any atom is -1.00 e. The molecule has 1 aliphatic rings. The summed E-state index contributed by atoms with van der Waals surface area (Å²) in [6.07, 6.45) is 5.93. The SMILES string of the molecule is [CH3][Ge]([CH3])([CH3])[C]1=[C]([Zr])CC=C1.[H-].[H-]. The third-order valence-corrected chi connectivity index (χ3v) is 8.57. The Labute approximate surface area is 83.9 Å². The van der Waals surface area contributed by atoms with Crippen molar-refractivity contribution in [1.82, 2.24) is 0 Å². The molecule has 0 bridgehead atoms. The van der Waals surface area contributed by atoms with Gasteiger partial charge in [-0.1, -0.05) is 0 Å². The van der Waals surface area contributed by atoms with E-state index in [2.05, 4.69) is 29.4 Å². The monoisotopic (exact) mass is 275 g/mol. The molecule has 0 atom stereocenters. The van der Waals surface area contributed by atoms with E-state index in [1.165, 1.54) is 6.42 Å². The van der Waals surface area contributed by atoms with Gasteiger partial charge in [-0.15, -0.1) is 0 Å². The Bertz CT molecular complexity index is 204. The van der Waals surface area contributed by atoms with Crippen LogP contribution in [0.25, 0.3) is 0 Å². The van der Waals surface area contributed by atoms with Crippen molar-refractivity contribution in [2.75, 3.05) is 0 Å². The summed E-state index contributed by atoms with van der Waals surface area (Å²) >= 11 is 0.189. The zero-order valence-corrected chi connectivity index (χ0v) is 11.4. The quantitative estimate of drug-likeness (QED) is 0.645. The maximum atomic E-state index is 2.47. The molecule has 0 N–H and O–H groups in total. The van der Waals surface area contributed by atoms with Crippen molar-refractivity contribution in [2.45, 2.75) is 23.7 Å².